The molecule has 0 saturated carbocycles. The first-order chi connectivity index (χ1) is 8.16. The molecule has 2 rings (SSSR count). The largest absolute Gasteiger partial charge is 0.478 e. The van der Waals surface area contributed by atoms with Gasteiger partial charge in [0.15, 0.2) is 5.82 Å². The Labute approximate surface area is 98.0 Å². The topological polar surface area (TPSA) is 68.0 Å². The fourth-order valence-electron chi connectivity index (χ4n) is 1.48. The summed E-state index contributed by atoms with van der Waals surface area (Å²) in [5.74, 6) is -0.235. The summed E-state index contributed by atoms with van der Waals surface area (Å²) < 4.78 is 1.67. The molecule has 5 nitrogen and oxygen atoms in total. The van der Waals surface area contributed by atoms with Gasteiger partial charge < -0.3 is 5.11 Å². The highest BCUT2D eigenvalue weighted by molar-refractivity contribution is 5.85. The van der Waals surface area contributed by atoms with Crippen LogP contribution < -0.4 is 0 Å². The van der Waals surface area contributed by atoms with E-state index in [0.717, 1.165) is 23.0 Å². The zero-order valence-electron chi connectivity index (χ0n) is 9.24. The van der Waals surface area contributed by atoms with Crippen molar-refractivity contribution in [2.75, 3.05) is 0 Å². The molecule has 0 unspecified atom stereocenters. The molecule has 0 fully saturated rings. The Morgan fingerprint density at radius 1 is 1.53 bits per heavy atom. The fourth-order valence-corrected chi connectivity index (χ4v) is 1.48. The SMILES string of the molecule is Cc1cc(/C=C/C(=O)O)cnc1-n1cccn1. The smallest absolute Gasteiger partial charge is 0.328 e. The first-order valence-corrected chi connectivity index (χ1v) is 5.04. The monoisotopic (exact) mass is 229 g/mol. The van der Waals surface area contributed by atoms with E-state index < -0.39 is 5.97 Å². The van der Waals surface area contributed by atoms with Gasteiger partial charge in [-0.05, 0) is 36.3 Å². The Morgan fingerprint density at radius 3 is 2.94 bits per heavy atom. The highest BCUT2D eigenvalue weighted by atomic mass is 16.4. The molecule has 5 heteroatoms. The third-order valence-electron chi connectivity index (χ3n) is 2.21. The maximum Gasteiger partial charge on any atom is 0.328 e. The first-order valence-electron chi connectivity index (χ1n) is 5.04. The van der Waals surface area contributed by atoms with E-state index in [2.05, 4.69) is 10.1 Å². The van der Waals surface area contributed by atoms with Gasteiger partial charge in [0.05, 0.1) is 0 Å². The van der Waals surface area contributed by atoms with Crippen LogP contribution in [0.2, 0.25) is 0 Å². The lowest BCUT2D eigenvalue weighted by Gasteiger charge is -2.05. The van der Waals surface area contributed by atoms with Crippen LogP contribution in [0.1, 0.15) is 11.1 Å². The van der Waals surface area contributed by atoms with E-state index in [1.54, 1.807) is 17.1 Å². The van der Waals surface area contributed by atoms with E-state index in [1.807, 2.05) is 25.3 Å². The van der Waals surface area contributed by atoms with Crippen LogP contribution in [0.5, 0.6) is 0 Å². The normalized spacial score (nSPS) is 10.9. The summed E-state index contributed by atoms with van der Waals surface area (Å²) in [5.41, 5.74) is 1.68. The van der Waals surface area contributed by atoms with E-state index in [4.69, 9.17) is 5.11 Å². The van der Waals surface area contributed by atoms with Crippen molar-refractivity contribution in [3.63, 3.8) is 0 Å². The van der Waals surface area contributed by atoms with Crippen molar-refractivity contribution in [2.24, 2.45) is 0 Å². The second kappa shape index (κ2) is 4.61. The quantitative estimate of drug-likeness (QED) is 0.813. The molecule has 0 aliphatic rings. The Hall–Kier alpha value is -2.43. The molecule has 2 aromatic rings. The standard InChI is InChI=1S/C12H11N3O2/c1-9-7-10(3-4-11(16)17)8-13-12(9)15-6-2-5-14-15/h2-8H,1H3,(H,16,17)/b4-3+. The summed E-state index contributed by atoms with van der Waals surface area (Å²) in [5, 5.41) is 12.6. The number of carboxylic acid groups (broad SMARTS) is 1. The molecule has 1 N–H and O–H groups in total. The molecular weight excluding hydrogens is 218 g/mol. The molecule has 0 saturated heterocycles. The molecule has 86 valence electrons. The van der Waals surface area contributed by atoms with Gasteiger partial charge in [0.25, 0.3) is 0 Å². The van der Waals surface area contributed by atoms with Gasteiger partial charge in [-0.25, -0.2) is 14.5 Å². The van der Waals surface area contributed by atoms with E-state index in [0.29, 0.717) is 0 Å². The van der Waals surface area contributed by atoms with Gasteiger partial charge in [-0.1, -0.05) is 0 Å². The fraction of sp³-hybridized carbons (Fsp3) is 0.0833. The van der Waals surface area contributed by atoms with Crippen LogP contribution in [0, 0.1) is 6.92 Å². The predicted molar refractivity (Wildman–Crippen MR) is 62.8 cm³/mol. The minimum atomic E-state index is -0.973. The molecule has 0 aromatic carbocycles. The summed E-state index contributed by atoms with van der Waals surface area (Å²) in [6.45, 7) is 1.90. The van der Waals surface area contributed by atoms with Crippen LogP contribution in [-0.4, -0.2) is 25.8 Å². The lowest BCUT2D eigenvalue weighted by Crippen LogP contribution is -2.01. The Bertz CT molecular complexity index is 559. The van der Waals surface area contributed by atoms with Crippen molar-refractivity contribution in [1.82, 2.24) is 14.8 Å². The molecule has 0 amide bonds. The number of aliphatic carboxylic acids is 1. The van der Waals surface area contributed by atoms with Crippen molar-refractivity contribution < 1.29 is 9.90 Å². The summed E-state index contributed by atoms with van der Waals surface area (Å²) in [6.07, 6.45) is 7.70. The number of hydrogen-bond acceptors (Lipinski definition) is 3. The number of pyridine rings is 1. The maximum absolute atomic E-state index is 10.4. The average molecular weight is 229 g/mol. The summed E-state index contributed by atoms with van der Waals surface area (Å²) >= 11 is 0. The number of rotatable bonds is 3. The molecule has 0 aliphatic carbocycles. The van der Waals surface area contributed by atoms with E-state index in [-0.39, 0.29) is 0 Å². The van der Waals surface area contributed by atoms with Crippen molar-refractivity contribution in [2.45, 2.75) is 6.92 Å². The average Bonchev–Trinajstić information content (AvgIpc) is 2.79. The lowest BCUT2D eigenvalue weighted by atomic mass is 10.2. The van der Waals surface area contributed by atoms with Gasteiger partial charge in [0.1, 0.15) is 0 Å². The highest BCUT2D eigenvalue weighted by Gasteiger charge is 2.02. The van der Waals surface area contributed by atoms with Gasteiger partial charge in [-0.3, -0.25) is 0 Å². The number of aromatic nitrogens is 3. The van der Waals surface area contributed by atoms with Crippen LogP contribution in [-0.2, 0) is 4.79 Å². The zero-order chi connectivity index (χ0) is 12.3. The zero-order valence-corrected chi connectivity index (χ0v) is 9.24. The van der Waals surface area contributed by atoms with Crippen molar-refractivity contribution in [1.29, 1.82) is 0 Å². The highest BCUT2D eigenvalue weighted by Crippen LogP contribution is 2.12. The third kappa shape index (κ3) is 2.57. The Morgan fingerprint density at radius 2 is 2.35 bits per heavy atom. The molecule has 0 bridgehead atoms. The maximum atomic E-state index is 10.4. The molecular formula is C12H11N3O2. The van der Waals surface area contributed by atoms with Crippen LogP contribution in [0.25, 0.3) is 11.9 Å². The number of carbonyl (C=O) groups is 1. The summed E-state index contributed by atoms with van der Waals surface area (Å²) in [4.78, 5) is 14.6. The van der Waals surface area contributed by atoms with Gasteiger partial charge >= 0.3 is 5.97 Å². The van der Waals surface area contributed by atoms with Crippen LogP contribution in [0.3, 0.4) is 0 Å². The molecule has 0 atom stereocenters. The van der Waals surface area contributed by atoms with E-state index >= 15 is 0 Å². The van der Waals surface area contributed by atoms with Gasteiger partial charge in [-0.15, -0.1) is 0 Å². The van der Waals surface area contributed by atoms with Gasteiger partial charge in [0, 0.05) is 24.7 Å². The van der Waals surface area contributed by atoms with E-state index in [9.17, 15) is 4.79 Å². The molecule has 2 aromatic heterocycles. The third-order valence-corrected chi connectivity index (χ3v) is 2.21. The predicted octanol–water partition coefficient (Wildman–Crippen LogP) is 1.67. The van der Waals surface area contributed by atoms with Crippen LogP contribution >= 0.6 is 0 Å². The van der Waals surface area contributed by atoms with Crippen molar-refractivity contribution in [3.8, 4) is 5.82 Å². The molecule has 2 heterocycles. The summed E-state index contributed by atoms with van der Waals surface area (Å²) in [7, 11) is 0. The van der Waals surface area contributed by atoms with Crippen LogP contribution in [0.15, 0.2) is 36.8 Å². The number of aryl methyl sites for hydroxylation is 1. The molecule has 0 aliphatic heterocycles. The Balaban J connectivity index is 2.32. The van der Waals surface area contributed by atoms with Crippen molar-refractivity contribution in [3.05, 3.63) is 47.9 Å². The minimum absolute atomic E-state index is 0.738. The number of hydrogen-bond donors (Lipinski definition) is 1. The van der Waals surface area contributed by atoms with Crippen molar-refractivity contribution >= 4 is 12.0 Å². The van der Waals surface area contributed by atoms with Gasteiger partial charge in [-0.2, -0.15) is 5.10 Å². The van der Waals surface area contributed by atoms with Gasteiger partial charge in [0.2, 0.25) is 0 Å². The molecule has 17 heavy (non-hydrogen) atoms. The number of carboxylic acids is 1. The molecule has 0 spiro atoms. The van der Waals surface area contributed by atoms with E-state index in [1.165, 1.54) is 6.08 Å². The second-order valence-corrected chi connectivity index (χ2v) is 3.53. The summed E-state index contributed by atoms with van der Waals surface area (Å²) in [6, 6.07) is 3.68. The minimum Gasteiger partial charge on any atom is -0.478 e. The lowest BCUT2D eigenvalue weighted by molar-refractivity contribution is -0.131. The number of nitrogens with zero attached hydrogens (tertiary/aromatic N) is 3. The first kappa shape index (κ1) is 11.1. The second-order valence-electron chi connectivity index (χ2n) is 3.53. The molecule has 0 radical (unpaired) electrons. The van der Waals surface area contributed by atoms with Crippen LogP contribution in [0.4, 0.5) is 0 Å². The Kier molecular flexibility index (Phi) is 3.00.